The molecule has 0 aromatic heterocycles. The second-order valence-electron chi connectivity index (χ2n) is 22.9. The minimum Gasteiger partial charge on any atom is -0.465 e. The summed E-state index contributed by atoms with van der Waals surface area (Å²) >= 11 is 0. The first-order valence-electron chi connectivity index (χ1n) is 25.5. The summed E-state index contributed by atoms with van der Waals surface area (Å²) in [7, 11) is 1.82. The van der Waals surface area contributed by atoms with Gasteiger partial charge in [0.1, 0.15) is 46.2 Å². The van der Waals surface area contributed by atoms with Crippen LogP contribution in [0.5, 0.6) is 0 Å². The van der Waals surface area contributed by atoms with Crippen LogP contribution in [0.25, 0.3) is 0 Å². The Labute approximate surface area is 438 Å². The first kappa shape index (κ1) is 64.5. The van der Waals surface area contributed by atoms with Crippen LogP contribution >= 0.6 is 0 Å². The molecule has 22 nitrogen and oxygen atoms in total. The smallest absolute Gasteiger partial charge is 0.407 e. The Bertz CT molecular complexity index is 1770. The fourth-order valence-electron chi connectivity index (χ4n) is 9.77. The van der Waals surface area contributed by atoms with Crippen LogP contribution in [0, 0.1) is 27.1 Å². The first-order valence-corrected chi connectivity index (χ1v) is 25.5. The molecule has 4 amide bonds. The van der Waals surface area contributed by atoms with Crippen molar-refractivity contribution in [2.45, 2.75) is 126 Å². The molecule has 4 unspecified atom stereocenters. The number of amides is 4. The van der Waals surface area contributed by atoms with Gasteiger partial charge in [-0.25, -0.2) is 28.8 Å². The van der Waals surface area contributed by atoms with Crippen molar-refractivity contribution < 1.29 is 76.3 Å². The van der Waals surface area contributed by atoms with E-state index in [0.717, 1.165) is 25.0 Å². The second-order valence-corrected chi connectivity index (χ2v) is 22.9. The Kier molecular flexibility index (Phi) is 27.3. The molecule has 0 aromatic rings. The van der Waals surface area contributed by atoms with Gasteiger partial charge >= 0.3 is 48.3 Å². The molecule has 2 saturated carbocycles. The van der Waals surface area contributed by atoms with E-state index in [2.05, 4.69) is 62.1 Å². The third-order valence-corrected chi connectivity index (χ3v) is 12.3. The van der Waals surface area contributed by atoms with Gasteiger partial charge in [0.05, 0.1) is 19.4 Å². The third-order valence-electron chi connectivity index (χ3n) is 12.3. The number of ether oxygens (including phenoxy) is 8. The predicted octanol–water partition coefficient (Wildman–Crippen LogP) is 5.67. The fraction of sp³-hybridized carbons (Fsp3) is 0.769. The van der Waals surface area contributed by atoms with Crippen LogP contribution in [0.2, 0.25) is 0 Å². The van der Waals surface area contributed by atoms with Crippen molar-refractivity contribution in [3.05, 3.63) is 25.3 Å². The molecule has 4 N–H and O–H groups in total. The van der Waals surface area contributed by atoms with Crippen molar-refractivity contribution in [3.63, 3.8) is 0 Å². The summed E-state index contributed by atoms with van der Waals surface area (Å²) in [6.45, 7) is 26.9. The molecule has 2 aliphatic carbocycles. The number of hydrogen-bond acceptors (Lipinski definition) is 18. The normalized spacial score (nSPS) is 20.9. The van der Waals surface area contributed by atoms with Crippen molar-refractivity contribution in [2.24, 2.45) is 27.1 Å². The zero-order valence-corrected chi connectivity index (χ0v) is 45.9. The summed E-state index contributed by atoms with van der Waals surface area (Å²) in [6.07, 6.45) is 3.70. The Morgan fingerprint density at radius 1 is 0.514 bits per heavy atom. The number of carbonyl (C=O) groups is 8. The summed E-state index contributed by atoms with van der Waals surface area (Å²) in [5.74, 6) is -1.98. The van der Waals surface area contributed by atoms with Crippen molar-refractivity contribution in [2.75, 3.05) is 106 Å². The van der Waals surface area contributed by atoms with Crippen molar-refractivity contribution in [1.29, 1.82) is 0 Å². The maximum Gasteiger partial charge on any atom is 0.407 e. The minimum absolute atomic E-state index is 0.000530. The Morgan fingerprint density at radius 3 is 1.34 bits per heavy atom. The Balaban J connectivity index is 1.95. The largest absolute Gasteiger partial charge is 0.465 e. The molecule has 0 saturated heterocycles. The molecular formula is C52H88N6O16. The van der Waals surface area contributed by atoms with Crippen LogP contribution in [0.4, 0.5) is 19.2 Å². The highest BCUT2D eigenvalue weighted by Crippen LogP contribution is 2.47. The van der Waals surface area contributed by atoms with E-state index in [1.165, 1.54) is 0 Å². The molecular weight excluding hydrogens is 965 g/mol. The number of carbonyl (C=O) groups excluding carboxylic acids is 8. The van der Waals surface area contributed by atoms with E-state index in [9.17, 15) is 38.4 Å². The summed E-state index contributed by atoms with van der Waals surface area (Å²) in [5, 5.41) is 11.6. The molecule has 2 rings (SSSR count). The maximum absolute atomic E-state index is 13.1. The molecule has 4 atom stereocenters. The fourth-order valence-corrected chi connectivity index (χ4v) is 9.77. The molecule has 0 aromatic carbocycles. The zero-order chi connectivity index (χ0) is 55.6. The minimum atomic E-state index is -0.644. The van der Waals surface area contributed by atoms with Crippen LogP contribution in [-0.2, 0) is 57.1 Å². The lowest BCUT2D eigenvalue weighted by molar-refractivity contribution is -0.147. The van der Waals surface area contributed by atoms with Gasteiger partial charge in [0, 0.05) is 70.0 Å². The number of hydrogen-bond donors (Lipinski definition) is 4. The second kappa shape index (κ2) is 31.3. The van der Waals surface area contributed by atoms with E-state index in [1.807, 2.05) is 51.5 Å². The average molecular weight is 1050 g/mol. The third kappa shape index (κ3) is 29.3. The summed E-state index contributed by atoms with van der Waals surface area (Å²) < 4.78 is 42.0. The lowest BCUT2D eigenvalue weighted by Gasteiger charge is -2.46. The number of nitrogens with one attached hydrogen (secondary N) is 4. The zero-order valence-electron chi connectivity index (χ0n) is 45.9. The van der Waals surface area contributed by atoms with Crippen LogP contribution in [0.3, 0.4) is 0 Å². The summed E-state index contributed by atoms with van der Waals surface area (Å²) in [6, 6.07) is -0.483. The van der Waals surface area contributed by atoms with E-state index in [-0.39, 0.29) is 126 Å². The van der Waals surface area contributed by atoms with E-state index in [0.29, 0.717) is 45.4 Å². The molecule has 422 valence electrons. The lowest BCUT2D eigenvalue weighted by atomic mass is 9.62. The van der Waals surface area contributed by atoms with Gasteiger partial charge in [-0.05, 0) is 72.6 Å². The van der Waals surface area contributed by atoms with Crippen LogP contribution < -0.4 is 21.3 Å². The summed E-state index contributed by atoms with van der Waals surface area (Å²) in [4.78, 5) is 102. The van der Waals surface area contributed by atoms with Crippen molar-refractivity contribution in [1.82, 2.24) is 31.1 Å². The van der Waals surface area contributed by atoms with Crippen LogP contribution in [0.1, 0.15) is 114 Å². The molecule has 0 spiro atoms. The highest BCUT2D eigenvalue weighted by atomic mass is 16.6. The van der Waals surface area contributed by atoms with Gasteiger partial charge < -0.3 is 64.1 Å². The molecule has 0 bridgehead atoms. The molecule has 0 aliphatic heterocycles. The highest BCUT2D eigenvalue weighted by Gasteiger charge is 2.43. The van der Waals surface area contributed by atoms with Gasteiger partial charge in [-0.2, -0.15) is 0 Å². The molecule has 0 radical (unpaired) electrons. The van der Waals surface area contributed by atoms with Gasteiger partial charge in [-0.15, -0.1) is 0 Å². The summed E-state index contributed by atoms with van der Waals surface area (Å²) in [5.41, 5.74) is -1.29. The monoisotopic (exact) mass is 1050 g/mol. The van der Waals surface area contributed by atoms with Gasteiger partial charge in [0.25, 0.3) is 0 Å². The number of likely N-dealkylation sites (N-methyl/N-ethyl adjacent to an activating group) is 1. The van der Waals surface area contributed by atoms with E-state index in [1.54, 1.807) is 0 Å². The van der Waals surface area contributed by atoms with Crippen LogP contribution in [0.15, 0.2) is 25.3 Å². The quantitative estimate of drug-likeness (QED) is 0.0292. The SMILES string of the molecule is C=CC(=O)OCCOC(=O)NC1CC(C)(C)CC(C)(CNC(=O)OCCN(CCOC(=O)NCC2(C)CC(NC(=O)OCCOC(=O)C=C)CC(C)(C)C2)CCC(=O)OCCN(C)CCC(=O)OCC(C)(C)C)C1. The maximum atomic E-state index is 13.1. The molecule has 22 heteroatoms. The Hall–Kier alpha value is -5.64. The Morgan fingerprint density at radius 2 is 0.905 bits per heavy atom. The highest BCUT2D eigenvalue weighted by molar-refractivity contribution is 5.81. The van der Waals surface area contributed by atoms with Gasteiger partial charge in [-0.3, -0.25) is 14.5 Å². The average Bonchev–Trinajstić information content (AvgIpc) is 3.28. The van der Waals surface area contributed by atoms with E-state index in [4.69, 9.17) is 37.9 Å². The van der Waals surface area contributed by atoms with Gasteiger partial charge in [0.2, 0.25) is 0 Å². The topological polar surface area (TPSA) is 265 Å². The number of alkyl carbamates (subject to hydrolysis) is 4. The molecule has 74 heavy (non-hydrogen) atoms. The molecule has 2 aliphatic rings. The van der Waals surface area contributed by atoms with Crippen LogP contribution in [-0.4, -0.2) is 176 Å². The lowest BCUT2D eigenvalue weighted by Crippen LogP contribution is -2.50. The van der Waals surface area contributed by atoms with Gasteiger partial charge in [0.15, 0.2) is 0 Å². The number of rotatable bonds is 30. The number of nitrogens with zero attached hydrogens (tertiary/aromatic N) is 2. The van der Waals surface area contributed by atoms with Crippen molar-refractivity contribution >= 4 is 48.3 Å². The number of esters is 4. The molecule has 0 heterocycles. The standard InChI is InChI=1S/C52H88N6O16/c1-13-40(59)68-25-27-72-46(65)55-38-29-49(6,7)33-51(10,31-38)35-53-44(63)70-23-20-58(18-16-42(61)67-22-19-57(12)17-15-43(62)74-37-48(3,4)5)21-24-71-45(64)54-36-52(11)32-39(30-50(8,9)34-52)56-47(66)73-28-26-69-41(60)14-2/h13-14,38-39H,1-2,15-37H2,3-12H3,(H,53,63)(H,54,64)(H,55,65)(H,56,66). The predicted molar refractivity (Wildman–Crippen MR) is 274 cm³/mol. The van der Waals surface area contributed by atoms with E-state index < -0.39 is 53.1 Å². The molecule has 2 fully saturated rings. The van der Waals surface area contributed by atoms with Crippen molar-refractivity contribution in [3.8, 4) is 0 Å². The first-order chi connectivity index (χ1) is 34.5. The van der Waals surface area contributed by atoms with E-state index >= 15 is 0 Å². The van der Waals surface area contributed by atoms with Gasteiger partial charge in [-0.1, -0.05) is 75.5 Å².